The Kier molecular flexibility index (Phi) is 5.88. The van der Waals surface area contributed by atoms with E-state index in [0.717, 1.165) is 23.1 Å². The number of nitrogens with zero attached hydrogens (tertiary/aromatic N) is 3. The summed E-state index contributed by atoms with van der Waals surface area (Å²) >= 11 is 5.44. The number of hydrogen-bond donors (Lipinski definition) is 2. The van der Waals surface area contributed by atoms with E-state index in [1.54, 1.807) is 13.8 Å². The van der Waals surface area contributed by atoms with E-state index in [0.29, 0.717) is 0 Å². The van der Waals surface area contributed by atoms with Crippen molar-refractivity contribution in [2.75, 3.05) is 16.8 Å². The van der Waals surface area contributed by atoms with Crippen molar-refractivity contribution >= 4 is 34.6 Å². The van der Waals surface area contributed by atoms with Gasteiger partial charge in [-0.2, -0.15) is 18.4 Å². The Hall–Kier alpha value is -3.23. The molecule has 0 saturated carbocycles. The first-order valence-corrected chi connectivity index (χ1v) is 9.70. The highest BCUT2D eigenvalue weighted by atomic mass is 32.1. The lowest BCUT2D eigenvalue weighted by molar-refractivity contribution is -0.137. The number of rotatable bonds is 3. The molecule has 1 aliphatic rings. The van der Waals surface area contributed by atoms with Gasteiger partial charge in [0, 0.05) is 18.4 Å². The molecule has 1 heterocycles. The van der Waals surface area contributed by atoms with E-state index in [-0.39, 0.29) is 22.1 Å². The number of amides is 1. The molecule has 1 fully saturated rings. The van der Waals surface area contributed by atoms with Crippen LogP contribution in [0.2, 0.25) is 0 Å². The lowest BCUT2D eigenvalue weighted by Gasteiger charge is -2.33. The van der Waals surface area contributed by atoms with Crippen LogP contribution >= 0.6 is 12.2 Å². The maximum absolute atomic E-state index is 14.5. The molecule has 0 aromatic heterocycles. The average Bonchev–Trinajstić information content (AvgIpc) is 2.90. The van der Waals surface area contributed by atoms with Gasteiger partial charge in [-0.05, 0) is 62.5 Å². The van der Waals surface area contributed by atoms with Crippen LogP contribution in [-0.2, 0) is 6.18 Å². The molecule has 11 heteroatoms. The second kappa shape index (κ2) is 8.03. The van der Waals surface area contributed by atoms with Gasteiger partial charge in [0.1, 0.15) is 5.82 Å². The standard InChI is InChI=1S/C21H18F4N4O2S/c1-20(2)18(31)28(12-5-4-11(10-26)15(8-12)21(23,24)25)19(32)29(20)13-6-7-14(16(22)9-13)17(30)27-3/h4-9,18,31H,1-3H3,(H,27,30). The molecule has 2 aromatic carbocycles. The van der Waals surface area contributed by atoms with Gasteiger partial charge < -0.3 is 15.3 Å². The van der Waals surface area contributed by atoms with Crippen molar-refractivity contribution in [3.05, 3.63) is 58.9 Å². The van der Waals surface area contributed by atoms with Gasteiger partial charge in [-0.15, -0.1) is 0 Å². The molecule has 1 amide bonds. The normalized spacial score (nSPS) is 18.0. The molecule has 2 aromatic rings. The van der Waals surface area contributed by atoms with Crippen molar-refractivity contribution in [2.24, 2.45) is 0 Å². The number of nitriles is 1. The summed E-state index contributed by atoms with van der Waals surface area (Å²) in [5.41, 5.74) is -2.97. The number of alkyl halides is 3. The third kappa shape index (κ3) is 3.76. The number of thiocarbonyl (C=S) groups is 1. The maximum atomic E-state index is 14.5. The first-order valence-electron chi connectivity index (χ1n) is 9.29. The van der Waals surface area contributed by atoms with Crippen LogP contribution in [0.3, 0.4) is 0 Å². The Morgan fingerprint density at radius 1 is 1.22 bits per heavy atom. The summed E-state index contributed by atoms with van der Waals surface area (Å²) in [6, 6.07) is 8.23. The minimum absolute atomic E-state index is 0.0765. The highest BCUT2D eigenvalue weighted by Gasteiger charge is 2.50. The zero-order valence-corrected chi connectivity index (χ0v) is 18.0. The number of carbonyl (C=O) groups excluding carboxylic acids is 1. The van der Waals surface area contributed by atoms with Gasteiger partial charge in [0.25, 0.3) is 5.91 Å². The van der Waals surface area contributed by atoms with Crippen molar-refractivity contribution in [2.45, 2.75) is 31.8 Å². The van der Waals surface area contributed by atoms with Gasteiger partial charge >= 0.3 is 6.18 Å². The molecule has 3 rings (SSSR count). The van der Waals surface area contributed by atoms with Gasteiger partial charge in [0.15, 0.2) is 11.3 Å². The molecule has 168 valence electrons. The molecule has 1 atom stereocenters. The average molecular weight is 466 g/mol. The number of benzene rings is 2. The first-order chi connectivity index (χ1) is 14.8. The number of anilines is 2. The fourth-order valence-electron chi connectivity index (χ4n) is 3.56. The number of halogens is 4. The molecule has 0 radical (unpaired) electrons. The molecule has 0 spiro atoms. The summed E-state index contributed by atoms with van der Waals surface area (Å²) in [7, 11) is 1.36. The third-order valence-corrected chi connectivity index (χ3v) is 5.62. The van der Waals surface area contributed by atoms with Crippen molar-refractivity contribution in [3.8, 4) is 6.07 Å². The van der Waals surface area contributed by atoms with Crippen LogP contribution in [0.15, 0.2) is 36.4 Å². The number of aliphatic hydroxyl groups excluding tert-OH is 1. The molecular weight excluding hydrogens is 448 g/mol. The van der Waals surface area contributed by atoms with Gasteiger partial charge in [-0.1, -0.05) is 0 Å². The minimum atomic E-state index is -4.79. The number of hydrogen-bond acceptors (Lipinski definition) is 4. The summed E-state index contributed by atoms with van der Waals surface area (Å²) in [6.07, 6.45) is -6.19. The first kappa shape index (κ1) is 23.4. The smallest absolute Gasteiger partial charge is 0.371 e. The van der Waals surface area contributed by atoms with Crippen LogP contribution in [-0.4, -0.2) is 34.9 Å². The maximum Gasteiger partial charge on any atom is 0.417 e. The van der Waals surface area contributed by atoms with Crippen LogP contribution < -0.4 is 15.1 Å². The fourth-order valence-corrected chi connectivity index (χ4v) is 4.11. The number of aliphatic hydroxyl groups is 1. The molecular formula is C21H18F4N4O2S. The molecule has 1 aliphatic heterocycles. The van der Waals surface area contributed by atoms with Crippen molar-refractivity contribution < 1.29 is 27.5 Å². The van der Waals surface area contributed by atoms with E-state index >= 15 is 0 Å². The Labute approximate surface area is 186 Å². The van der Waals surface area contributed by atoms with Gasteiger partial charge in [-0.3, -0.25) is 9.69 Å². The Balaban J connectivity index is 2.09. The van der Waals surface area contributed by atoms with Crippen LogP contribution in [0.5, 0.6) is 0 Å². The van der Waals surface area contributed by atoms with E-state index in [4.69, 9.17) is 17.5 Å². The van der Waals surface area contributed by atoms with Gasteiger partial charge in [0.2, 0.25) is 0 Å². The van der Waals surface area contributed by atoms with Crippen LogP contribution in [0.4, 0.5) is 28.9 Å². The van der Waals surface area contributed by atoms with E-state index in [2.05, 4.69) is 5.32 Å². The molecule has 0 aliphatic carbocycles. The monoisotopic (exact) mass is 466 g/mol. The Morgan fingerprint density at radius 3 is 2.38 bits per heavy atom. The second-order valence-corrected chi connectivity index (χ2v) is 7.96. The Morgan fingerprint density at radius 2 is 1.84 bits per heavy atom. The molecule has 1 saturated heterocycles. The third-order valence-electron chi connectivity index (χ3n) is 5.24. The molecule has 6 nitrogen and oxygen atoms in total. The Bertz CT molecular complexity index is 1140. The van der Waals surface area contributed by atoms with Crippen molar-refractivity contribution in [1.29, 1.82) is 5.26 Å². The predicted octanol–water partition coefficient (Wildman–Crippen LogP) is 3.78. The molecule has 0 bridgehead atoms. The molecule has 2 N–H and O–H groups in total. The summed E-state index contributed by atoms with van der Waals surface area (Å²) < 4.78 is 54.8. The highest BCUT2D eigenvalue weighted by molar-refractivity contribution is 7.80. The summed E-state index contributed by atoms with van der Waals surface area (Å²) in [5.74, 6) is -1.46. The van der Waals surface area contributed by atoms with Gasteiger partial charge in [0.05, 0.1) is 28.3 Å². The van der Waals surface area contributed by atoms with Crippen molar-refractivity contribution in [3.63, 3.8) is 0 Å². The van der Waals surface area contributed by atoms with E-state index in [1.165, 1.54) is 36.2 Å². The lowest BCUT2D eigenvalue weighted by atomic mass is 10.0. The van der Waals surface area contributed by atoms with E-state index in [9.17, 15) is 27.5 Å². The van der Waals surface area contributed by atoms with E-state index < -0.39 is 40.8 Å². The summed E-state index contributed by atoms with van der Waals surface area (Å²) in [6.45, 7) is 3.17. The summed E-state index contributed by atoms with van der Waals surface area (Å²) in [5, 5.41) is 22.2. The quantitative estimate of drug-likeness (QED) is 0.530. The zero-order chi connectivity index (χ0) is 24.0. The number of carbonyl (C=O) groups is 1. The van der Waals surface area contributed by atoms with Crippen LogP contribution in [0.25, 0.3) is 0 Å². The highest BCUT2D eigenvalue weighted by Crippen LogP contribution is 2.41. The van der Waals surface area contributed by atoms with Crippen molar-refractivity contribution in [1.82, 2.24) is 5.32 Å². The molecule has 32 heavy (non-hydrogen) atoms. The SMILES string of the molecule is CNC(=O)c1ccc(N2C(=S)N(c3ccc(C#N)c(C(F)(F)F)c3)C(O)C2(C)C)cc1F. The van der Waals surface area contributed by atoms with Gasteiger partial charge in [-0.25, -0.2) is 4.39 Å². The largest absolute Gasteiger partial charge is 0.417 e. The second-order valence-electron chi connectivity index (χ2n) is 7.60. The summed E-state index contributed by atoms with van der Waals surface area (Å²) in [4.78, 5) is 14.3. The molecule has 1 unspecified atom stereocenters. The van der Waals surface area contributed by atoms with Crippen LogP contribution in [0.1, 0.15) is 35.3 Å². The fraction of sp³-hybridized carbons (Fsp3) is 0.286. The minimum Gasteiger partial charge on any atom is -0.371 e. The zero-order valence-electron chi connectivity index (χ0n) is 17.2. The number of nitrogens with one attached hydrogen (secondary N) is 1. The predicted molar refractivity (Wildman–Crippen MR) is 114 cm³/mol. The van der Waals surface area contributed by atoms with Crippen LogP contribution in [0, 0.1) is 17.1 Å². The topological polar surface area (TPSA) is 79.6 Å². The lowest BCUT2D eigenvalue weighted by Crippen LogP contribution is -2.47. The van der Waals surface area contributed by atoms with E-state index in [1.807, 2.05) is 0 Å².